The number of phenols is 1. The van der Waals surface area contributed by atoms with E-state index in [0.717, 1.165) is 11.3 Å². The Labute approximate surface area is 80.8 Å². The van der Waals surface area contributed by atoms with Crippen LogP contribution in [0.2, 0.25) is 5.02 Å². The van der Waals surface area contributed by atoms with Gasteiger partial charge in [0.2, 0.25) is 0 Å². The van der Waals surface area contributed by atoms with E-state index in [-0.39, 0.29) is 5.75 Å². The van der Waals surface area contributed by atoms with Crippen LogP contribution in [0.3, 0.4) is 0 Å². The van der Waals surface area contributed by atoms with Crippen LogP contribution in [0, 0.1) is 0 Å². The van der Waals surface area contributed by atoms with E-state index in [4.69, 9.17) is 11.6 Å². The molecule has 66 valence electrons. The molecule has 0 aliphatic rings. The van der Waals surface area contributed by atoms with Gasteiger partial charge < -0.3 is 10.1 Å². The zero-order valence-corrected chi connectivity index (χ0v) is 7.55. The first-order valence-corrected chi connectivity index (χ1v) is 4.27. The predicted octanol–water partition coefficient (Wildman–Crippen LogP) is 3.04. The van der Waals surface area contributed by atoms with Crippen LogP contribution in [-0.4, -0.2) is 10.1 Å². The third-order valence-corrected chi connectivity index (χ3v) is 2.08. The Morgan fingerprint density at radius 1 is 1.23 bits per heavy atom. The van der Waals surface area contributed by atoms with Crippen LogP contribution >= 0.6 is 11.6 Å². The van der Waals surface area contributed by atoms with Gasteiger partial charge in [-0.1, -0.05) is 11.6 Å². The van der Waals surface area contributed by atoms with Crippen molar-refractivity contribution in [3.63, 3.8) is 0 Å². The van der Waals surface area contributed by atoms with Gasteiger partial charge in [0.05, 0.1) is 0 Å². The van der Waals surface area contributed by atoms with Gasteiger partial charge >= 0.3 is 0 Å². The molecular weight excluding hydrogens is 186 g/mol. The second-order valence-corrected chi connectivity index (χ2v) is 3.18. The Morgan fingerprint density at radius 2 is 2.08 bits per heavy atom. The highest BCUT2D eigenvalue weighted by Crippen LogP contribution is 2.30. The molecule has 1 aromatic heterocycles. The second kappa shape index (κ2) is 3.15. The lowest BCUT2D eigenvalue weighted by Gasteiger charge is -2.01. The molecule has 0 fully saturated rings. The smallest absolute Gasteiger partial charge is 0.124 e. The molecule has 2 nitrogen and oxygen atoms in total. The Hall–Kier alpha value is -1.41. The molecule has 0 radical (unpaired) electrons. The van der Waals surface area contributed by atoms with Crippen molar-refractivity contribution in [2.24, 2.45) is 0 Å². The zero-order chi connectivity index (χ0) is 9.26. The molecule has 0 aliphatic carbocycles. The first kappa shape index (κ1) is 8.20. The van der Waals surface area contributed by atoms with Crippen LogP contribution in [0.1, 0.15) is 0 Å². The van der Waals surface area contributed by atoms with Gasteiger partial charge in [0, 0.05) is 22.5 Å². The van der Waals surface area contributed by atoms with Crippen LogP contribution in [0.5, 0.6) is 5.75 Å². The van der Waals surface area contributed by atoms with E-state index in [2.05, 4.69) is 4.98 Å². The summed E-state index contributed by atoms with van der Waals surface area (Å²) >= 11 is 5.81. The summed E-state index contributed by atoms with van der Waals surface area (Å²) in [5.74, 6) is 0.229. The zero-order valence-electron chi connectivity index (χ0n) is 6.79. The summed E-state index contributed by atoms with van der Waals surface area (Å²) in [6, 6.07) is 8.71. The van der Waals surface area contributed by atoms with Gasteiger partial charge in [-0.25, -0.2) is 0 Å². The monoisotopic (exact) mass is 193 g/mol. The number of hydrogen-bond donors (Lipinski definition) is 2. The maximum atomic E-state index is 9.53. The average molecular weight is 194 g/mol. The summed E-state index contributed by atoms with van der Waals surface area (Å²) in [5.41, 5.74) is 1.58. The number of aromatic amines is 1. The number of benzene rings is 1. The summed E-state index contributed by atoms with van der Waals surface area (Å²) in [6.45, 7) is 0. The van der Waals surface area contributed by atoms with E-state index < -0.39 is 0 Å². The average Bonchev–Trinajstić information content (AvgIpc) is 2.61. The first-order chi connectivity index (χ1) is 6.27. The van der Waals surface area contributed by atoms with E-state index in [1.807, 2.05) is 12.1 Å². The highest BCUT2D eigenvalue weighted by atomic mass is 35.5. The lowest BCUT2D eigenvalue weighted by molar-refractivity contribution is 0.477. The maximum absolute atomic E-state index is 9.53. The molecule has 1 aromatic carbocycles. The number of aromatic hydroxyl groups is 1. The van der Waals surface area contributed by atoms with Crippen molar-refractivity contribution in [2.75, 3.05) is 0 Å². The Bertz CT molecular complexity index is 409. The van der Waals surface area contributed by atoms with Gasteiger partial charge in [-0.3, -0.25) is 0 Å². The predicted molar refractivity (Wildman–Crippen MR) is 52.9 cm³/mol. The molecule has 0 unspecified atom stereocenters. The minimum absolute atomic E-state index is 0.229. The molecule has 0 saturated heterocycles. The Balaban J connectivity index is 2.57. The molecule has 0 aliphatic heterocycles. The SMILES string of the molecule is Oc1ccc(Cl)cc1-c1ccc[nH]1. The van der Waals surface area contributed by atoms with Crippen molar-refractivity contribution < 1.29 is 5.11 Å². The Kier molecular flexibility index (Phi) is 1.99. The third kappa shape index (κ3) is 1.53. The number of rotatable bonds is 1. The second-order valence-electron chi connectivity index (χ2n) is 2.75. The van der Waals surface area contributed by atoms with Crippen molar-refractivity contribution in [3.05, 3.63) is 41.6 Å². The van der Waals surface area contributed by atoms with Crippen LogP contribution in [0.25, 0.3) is 11.3 Å². The number of hydrogen-bond acceptors (Lipinski definition) is 1. The molecule has 2 aromatic rings. The van der Waals surface area contributed by atoms with Crippen molar-refractivity contribution in [2.45, 2.75) is 0 Å². The van der Waals surface area contributed by atoms with Crippen molar-refractivity contribution in [3.8, 4) is 17.0 Å². The largest absolute Gasteiger partial charge is 0.507 e. The quantitative estimate of drug-likeness (QED) is 0.718. The molecule has 0 amide bonds. The molecule has 2 N–H and O–H groups in total. The molecule has 0 bridgehead atoms. The molecule has 1 heterocycles. The molecule has 2 rings (SSSR count). The van der Waals surface area contributed by atoms with Crippen LogP contribution in [0.4, 0.5) is 0 Å². The Morgan fingerprint density at radius 3 is 2.77 bits per heavy atom. The number of halogens is 1. The van der Waals surface area contributed by atoms with Crippen LogP contribution in [-0.2, 0) is 0 Å². The summed E-state index contributed by atoms with van der Waals surface area (Å²) in [6.07, 6.45) is 1.80. The van der Waals surface area contributed by atoms with Crippen molar-refractivity contribution >= 4 is 11.6 Å². The highest BCUT2D eigenvalue weighted by Gasteiger charge is 2.04. The third-order valence-electron chi connectivity index (χ3n) is 1.85. The van der Waals surface area contributed by atoms with Crippen molar-refractivity contribution in [1.29, 1.82) is 0 Å². The minimum atomic E-state index is 0.229. The number of phenolic OH excluding ortho intramolecular Hbond substituents is 1. The normalized spacial score (nSPS) is 10.2. The molecule has 0 atom stereocenters. The topological polar surface area (TPSA) is 36.0 Å². The number of H-pyrrole nitrogens is 1. The minimum Gasteiger partial charge on any atom is -0.507 e. The summed E-state index contributed by atoms with van der Waals surface area (Å²) in [7, 11) is 0. The fourth-order valence-corrected chi connectivity index (χ4v) is 1.39. The molecule has 0 spiro atoms. The number of nitrogens with one attached hydrogen (secondary N) is 1. The van der Waals surface area contributed by atoms with E-state index in [1.54, 1.807) is 24.4 Å². The van der Waals surface area contributed by atoms with E-state index in [9.17, 15) is 5.11 Å². The standard InChI is InChI=1S/C10H8ClNO/c11-7-3-4-10(13)8(6-7)9-2-1-5-12-9/h1-6,12-13H. The molecule has 0 saturated carbocycles. The van der Waals surface area contributed by atoms with E-state index in [0.29, 0.717) is 5.02 Å². The molecular formula is C10H8ClNO. The van der Waals surface area contributed by atoms with Gasteiger partial charge in [0.1, 0.15) is 5.75 Å². The van der Waals surface area contributed by atoms with E-state index in [1.165, 1.54) is 0 Å². The number of aromatic nitrogens is 1. The molecule has 13 heavy (non-hydrogen) atoms. The van der Waals surface area contributed by atoms with Crippen molar-refractivity contribution in [1.82, 2.24) is 4.98 Å². The maximum Gasteiger partial charge on any atom is 0.124 e. The highest BCUT2D eigenvalue weighted by molar-refractivity contribution is 6.30. The van der Waals surface area contributed by atoms with Gasteiger partial charge in [-0.15, -0.1) is 0 Å². The van der Waals surface area contributed by atoms with E-state index >= 15 is 0 Å². The van der Waals surface area contributed by atoms with Crippen LogP contribution in [0.15, 0.2) is 36.5 Å². The van der Waals surface area contributed by atoms with Gasteiger partial charge in [0.15, 0.2) is 0 Å². The van der Waals surface area contributed by atoms with Crippen LogP contribution < -0.4 is 0 Å². The first-order valence-electron chi connectivity index (χ1n) is 3.89. The fourth-order valence-electron chi connectivity index (χ4n) is 1.22. The van der Waals surface area contributed by atoms with Gasteiger partial charge in [0.25, 0.3) is 0 Å². The molecule has 3 heteroatoms. The lowest BCUT2D eigenvalue weighted by Crippen LogP contribution is -1.78. The van der Waals surface area contributed by atoms with Gasteiger partial charge in [-0.05, 0) is 30.3 Å². The summed E-state index contributed by atoms with van der Waals surface area (Å²) in [4.78, 5) is 3.00. The summed E-state index contributed by atoms with van der Waals surface area (Å²) < 4.78 is 0. The summed E-state index contributed by atoms with van der Waals surface area (Å²) in [5, 5.41) is 10.1. The lowest BCUT2D eigenvalue weighted by atomic mass is 10.1. The fraction of sp³-hybridized carbons (Fsp3) is 0. The van der Waals surface area contributed by atoms with Gasteiger partial charge in [-0.2, -0.15) is 0 Å².